The van der Waals surface area contributed by atoms with E-state index < -0.39 is 0 Å². The summed E-state index contributed by atoms with van der Waals surface area (Å²) in [5.74, 6) is 2.23. The summed E-state index contributed by atoms with van der Waals surface area (Å²) in [7, 11) is 0. The van der Waals surface area contributed by atoms with Gasteiger partial charge in [0.15, 0.2) is 0 Å². The van der Waals surface area contributed by atoms with Crippen molar-refractivity contribution in [2.45, 2.75) is 59.5 Å². The van der Waals surface area contributed by atoms with E-state index in [-0.39, 0.29) is 12.0 Å². The lowest BCUT2D eigenvalue weighted by Gasteiger charge is -2.32. The smallest absolute Gasteiger partial charge is 0.123 e. The lowest BCUT2D eigenvalue weighted by Crippen LogP contribution is -2.33. The van der Waals surface area contributed by atoms with E-state index in [9.17, 15) is 5.11 Å². The molecular formula is C23H34O2. The van der Waals surface area contributed by atoms with Gasteiger partial charge in [0, 0.05) is 11.5 Å². The van der Waals surface area contributed by atoms with E-state index >= 15 is 0 Å². The molecule has 2 nitrogen and oxygen atoms in total. The molecule has 138 valence electrons. The molecule has 0 spiro atoms. The van der Waals surface area contributed by atoms with Gasteiger partial charge in [-0.05, 0) is 23.5 Å². The fraction of sp³-hybridized carbons (Fsp3) is 0.478. The topological polar surface area (TPSA) is 29.5 Å². The molecule has 0 saturated carbocycles. The van der Waals surface area contributed by atoms with Gasteiger partial charge in [0.1, 0.15) is 12.4 Å². The second kappa shape index (κ2) is 10.9. The lowest BCUT2D eigenvalue weighted by atomic mass is 9.82. The predicted molar refractivity (Wildman–Crippen MR) is 107 cm³/mol. The highest BCUT2D eigenvalue weighted by atomic mass is 16.5. The summed E-state index contributed by atoms with van der Waals surface area (Å²) < 4.78 is 5.47. The third kappa shape index (κ3) is 6.21. The third-order valence-corrected chi connectivity index (χ3v) is 4.29. The first kappa shape index (κ1) is 21.2. The molecule has 2 aromatic carbocycles. The number of fused-ring (bicyclic) bond motifs is 1. The molecule has 0 radical (unpaired) electrons. The van der Waals surface area contributed by atoms with Gasteiger partial charge in [-0.3, -0.25) is 0 Å². The van der Waals surface area contributed by atoms with Crippen molar-refractivity contribution in [3.05, 3.63) is 65.7 Å². The largest absolute Gasteiger partial charge is 0.491 e. The van der Waals surface area contributed by atoms with Crippen LogP contribution in [0.4, 0.5) is 0 Å². The quantitative estimate of drug-likeness (QED) is 0.723. The lowest BCUT2D eigenvalue weighted by molar-refractivity contribution is 0.0516. The summed E-state index contributed by atoms with van der Waals surface area (Å²) in [4.78, 5) is 0. The van der Waals surface area contributed by atoms with E-state index in [4.69, 9.17) is 4.74 Å². The van der Waals surface area contributed by atoms with Gasteiger partial charge in [0.25, 0.3) is 0 Å². The summed E-state index contributed by atoms with van der Waals surface area (Å²) in [5.41, 5.74) is 2.55. The molecule has 0 aromatic heterocycles. The minimum atomic E-state index is -0.370. The Morgan fingerprint density at radius 3 is 1.96 bits per heavy atom. The number of ether oxygens (including phenoxy) is 1. The van der Waals surface area contributed by atoms with E-state index in [1.165, 1.54) is 5.56 Å². The number of benzene rings is 2. The fourth-order valence-corrected chi connectivity index (χ4v) is 3.01. The number of rotatable bonds is 2. The summed E-state index contributed by atoms with van der Waals surface area (Å²) in [5, 5.41) is 9.86. The van der Waals surface area contributed by atoms with Crippen LogP contribution in [0, 0.1) is 5.92 Å². The standard InChI is InChI=1S/C12H16O2.C9H12.C2H6/c1-8(2)12-9-5-3-4-6-11(9)14-7-10(12)13;1-8(2)9-6-4-3-5-7-9;1-2/h3-6,8,10,12-13H,7H2,1-2H3;3-8H,1-2H3;1-2H3. The Morgan fingerprint density at radius 1 is 0.880 bits per heavy atom. The summed E-state index contributed by atoms with van der Waals surface area (Å²) in [6.45, 7) is 13.1. The Balaban J connectivity index is 0.000000246. The van der Waals surface area contributed by atoms with Crippen molar-refractivity contribution in [3.8, 4) is 5.75 Å². The van der Waals surface area contributed by atoms with E-state index in [2.05, 4.69) is 52.0 Å². The van der Waals surface area contributed by atoms with Crippen molar-refractivity contribution in [2.75, 3.05) is 6.61 Å². The van der Waals surface area contributed by atoms with Crippen molar-refractivity contribution in [3.63, 3.8) is 0 Å². The van der Waals surface area contributed by atoms with Gasteiger partial charge in [-0.15, -0.1) is 0 Å². The van der Waals surface area contributed by atoms with Crippen LogP contribution in [0.15, 0.2) is 54.6 Å². The molecule has 1 aliphatic rings. The predicted octanol–water partition coefficient (Wildman–Crippen LogP) is 6.02. The average Bonchev–Trinajstić information content (AvgIpc) is 2.64. The average molecular weight is 343 g/mol. The van der Waals surface area contributed by atoms with Crippen LogP contribution in [0.3, 0.4) is 0 Å². The highest BCUT2D eigenvalue weighted by molar-refractivity contribution is 5.39. The maximum Gasteiger partial charge on any atom is 0.123 e. The van der Waals surface area contributed by atoms with E-state index in [1.54, 1.807) is 0 Å². The van der Waals surface area contributed by atoms with Crippen LogP contribution in [0.25, 0.3) is 0 Å². The maximum atomic E-state index is 9.86. The van der Waals surface area contributed by atoms with Crippen molar-refractivity contribution in [1.29, 1.82) is 0 Å². The first-order valence-corrected chi connectivity index (χ1v) is 9.45. The highest BCUT2D eigenvalue weighted by Crippen LogP contribution is 2.37. The Hall–Kier alpha value is -1.80. The van der Waals surface area contributed by atoms with Gasteiger partial charge in [0.05, 0.1) is 6.10 Å². The van der Waals surface area contributed by atoms with Gasteiger partial charge in [-0.25, -0.2) is 0 Å². The van der Waals surface area contributed by atoms with Gasteiger partial charge in [-0.2, -0.15) is 0 Å². The molecule has 0 fully saturated rings. The molecule has 0 saturated heterocycles. The van der Waals surface area contributed by atoms with Crippen molar-refractivity contribution >= 4 is 0 Å². The molecule has 2 unspecified atom stereocenters. The van der Waals surface area contributed by atoms with Gasteiger partial charge < -0.3 is 9.84 Å². The molecule has 2 aromatic rings. The van der Waals surface area contributed by atoms with Gasteiger partial charge in [0.2, 0.25) is 0 Å². The zero-order chi connectivity index (χ0) is 18.8. The summed E-state index contributed by atoms with van der Waals surface area (Å²) in [6, 6.07) is 18.5. The number of para-hydroxylation sites is 1. The second-order valence-corrected chi connectivity index (χ2v) is 6.75. The van der Waals surface area contributed by atoms with Crippen LogP contribution in [0.1, 0.15) is 64.5 Å². The molecule has 0 amide bonds. The minimum absolute atomic E-state index is 0.208. The highest BCUT2D eigenvalue weighted by Gasteiger charge is 2.31. The third-order valence-electron chi connectivity index (χ3n) is 4.29. The first-order chi connectivity index (χ1) is 12.0. The number of aliphatic hydroxyl groups is 1. The summed E-state index contributed by atoms with van der Waals surface area (Å²) >= 11 is 0. The van der Waals surface area contributed by atoms with E-state index in [1.807, 2.05) is 44.2 Å². The molecule has 2 atom stereocenters. The monoisotopic (exact) mass is 342 g/mol. The van der Waals surface area contributed by atoms with Crippen LogP contribution >= 0.6 is 0 Å². The summed E-state index contributed by atoms with van der Waals surface area (Å²) in [6.07, 6.45) is -0.370. The van der Waals surface area contributed by atoms with Crippen LogP contribution in [-0.4, -0.2) is 17.8 Å². The molecule has 0 bridgehead atoms. The maximum absolute atomic E-state index is 9.86. The molecule has 1 N–H and O–H groups in total. The Morgan fingerprint density at radius 2 is 1.44 bits per heavy atom. The van der Waals surface area contributed by atoms with E-state index in [0.29, 0.717) is 18.4 Å². The zero-order valence-corrected chi connectivity index (χ0v) is 16.6. The van der Waals surface area contributed by atoms with Crippen LogP contribution in [0.5, 0.6) is 5.75 Å². The van der Waals surface area contributed by atoms with Gasteiger partial charge >= 0.3 is 0 Å². The van der Waals surface area contributed by atoms with Gasteiger partial charge in [-0.1, -0.05) is 90.1 Å². The molecule has 1 aliphatic heterocycles. The van der Waals surface area contributed by atoms with Crippen LogP contribution in [-0.2, 0) is 0 Å². The Kier molecular flexibility index (Phi) is 9.30. The zero-order valence-electron chi connectivity index (χ0n) is 16.6. The van der Waals surface area contributed by atoms with Crippen LogP contribution < -0.4 is 4.74 Å². The number of hydrogen-bond acceptors (Lipinski definition) is 2. The van der Waals surface area contributed by atoms with Crippen LogP contribution in [0.2, 0.25) is 0 Å². The Bertz CT molecular complexity index is 590. The molecule has 25 heavy (non-hydrogen) atoms. The molecular weight excluding hydrogens is 308 g/mol. The fourth-order valence-electron chi connectivity index (χ4n) is 3.01. The molecule has 2 heteroatoms. The first-order valence-electron chi connectivity index (χ1n) is 9.45. The Labute approximate surface area is 153 Å². The van der Waals surface area contributed by atoms with Crippen molar-refractivity contribution < 1.29 is 9.84 Å². The molecule has 0 aliphatic carbocycles. The van der Waals surface area contributed by atoms with Crippen molar-refractivity contribution in [1.82, 2.24) is 0 Å². The molecule has 3 rings (SSSR count). The SMILES string of the molecule is CC.CC(C)C1c2ccccc2OCC1O.CC(C)c1ccccc1. The number of aliphatic hydroxyl groups excluding tert-OH is 1. The minimum Gasteiger partial charge on any atom is -0.491 e. The van der Waals surface area contributed by atoms with Crippen molar-refractivity contribution in [2.24, 2.45) is 5.92 Å². The van der Waals surface area contributed by atoms with E-state index in [0.717, 1.165) is 11.3 Å². The normalized spacial score (nSPS) is 18.3. The second-order valence-electron chi connectivity index (χ2n) is 6.75. The number of hydrogen-bond donors (Lipinski definition) is 1. The molecule has 1 heterocycles.